The van der Waals surface area contributed by atoms with E-state index in [1.54, 1.807) is 0 Å². The third-order valence-electron chi connectivity index (χ3n) is 4.56. The summed E-state index contributed by atoms with van der Waals surface area (Å²) in [6, 6.07) is 8.35. The Bertz CT molecular complexity index is 544. The predicted octanol–water partition coefficient (Wildman–Crippen LogP) is 2.03. The molecule has 20 heavy (non-hydrogen) atoms. The van der Waals surface area contributed by atoms with Crippen molar-refractivity contribution in [3.05, 3.63) is 29.3 Å². The molecule has 2 heterocycles. The van der Waals surface area contributed by atoms with E-state index in [-0.39, 0.29) is 0 Å². The van der Waals surface area contributed by atoms with Gasteiger partial charge in [-0.2, -0.15) is 5.26 Å². The van der Waals surface area contributed by atoms with Gasteiger partial charge >= 0.3 is 0 Å². The molecule has 2 unspecified atom stereocenters. The van der Waals surface area contributed by atoms with E-state index in [0.717, 1.165) is 24.9 Å². The van der Waals surface area contributed by atoms with E-state index in [2.05, 4.69) is 30.1 Å². The van der Waals surface area contributed by atoms with Crippen LogP contribution in [0.2, 0.25) is 0 Å². The summed E-state index contributed by atoms with van der Waals surface area (Å²) < 4.78 is 5.44. The highest BCUT2D eigenvalue weighted by atomic mass is 16.5. The highest BCUT2D eigenvalue weighted by molar-refractivity contribution is 5.58. The van der Waals surface area contributed by atoms with Crippen molar-refractivity contribution in [1.82, 2.24) is 0 Å². The van der Waals surface area contributed by atoms with Crippen LogP contribution in [0, 0.1) is 16.7 Å². The SMILES string of the molecule is CN1CCc2cc(C(O)C3(C#N)CCCOC3)ccc21. The normalized spacial score (nSPS) is 26.9. The van der Waals surface area contributed by atoms with Gasteiger partial charge in [0.1, 0.15) is 5.41 Å². The number of benzene rings is 1. The summed E-state index contributed by atoms with van der Waals surface area (Å²) >= 11 is 0. The molecule has 4 nitrogen and oxygen atoms in total. The quantitative estimate of drug-likeness (QED) is 0.895. The van der Waals surface area contributed by atoms with Crippen LogP contribution in [0.4, 0.5) is 5.69 Å². The minimum atomic E-state index is -0.795. The first-order valence-corrected chi connectivity index (χ1v) is 7.17. The van der Waals surface area contributed by atoms with Crippen molar-refractivity contribution in [2.45, 2.75) is 25.4 Å². The van der Waals surface area contributed by atoms with Crippen LogP contribution in [-0.2, 0) is 11.2 Å². The monoisotopic (exact) mass is 272 g/mol. The lowest BCUT2D eigenvalue weighted by Gasteiger charge is -2.35. The van der Waals surface area contributed by atoms with Crippen molar-refractivity contribution in [2.24, 2.45) is 5.41 Å². The van der Waals surface area contributed by atoms with Crippen LogP contribution >= 0.6 is 0 Å². The molecule has 0 saturated carbocycles. The molecule has 2 aliphatic rings. The molecule has 3 rings (SSSR count). The number of ether oxygens (including phenoxy) is 1. The maximum Gasteiger partial charge on any atom is 0.111 e. The largest absolute Gasteiger partial charge is 0.387 e. The zero-order valence-electron chi connectivity index (χ0n) is 11.8. The van der Waals surface area contributed by atoms with Gasteiger partial charge in [0, 0.05) is 25.9 Å². The molecule has 4 heteroatoms. The Labute approximate surface area is 119 Å². The molecule has 2 atom stereocenters. The van der Waals surface area contributed by atoms with E-state index >= 15 is 0 Å². The molecule has 2 aliphatic heterocycles. The molecule has 1 N–H and O–H groups in total. The maximum absolute atomic E-state index is 10.7. The summed E-state index contributed by atoms with van der Waals surface area (Å²) in [5.74, 6) is 0. The van der Waals surface area contributed by atoms with Crippen LogP contribution in [-0.4, -0.2) is 31.9 Å². The molecule has 0 spiro atoms. The third kappa shape index (κ3) is 2.07. The van der Waals surface area contributed by atoms with Gasteiger partial charge in [-0.15, -0.1) is 0 Å². The molecular formula is C16H20N2O2. The number of hydrogen-bond acceptors (Lipinski definition) is 4. The van der Waals surface area contributed by atoms with Gasteiger partial charge in [-0.05, 0) is 36.5 Å². The lowest BCUT2D eigenvalue weighted by atomic mass is 9.76. The predicted molar refractivity (Wildman–Crippen MR) is 76.5 cm³/mol. The van der Waals surface area contributed by atoms with Crippen molar-refractivity contribution < 1.29 is 9.84 Å². The molecule has 0 radical (unpaired) electrons. The van der Waals surface area contributed by atoms with Gasteiger partial charge < -0.3 is 14.7 Å². The number of nitriles is 1. The van der Waals surface area contributed by atoms with Crippen molar-refractivity contribution in [1.29, 1.82) is 5.26 Å². The third-order valence-corrected chi connectivity index (χ3v) is 4.56. The Kier molecular flexibility index (Phi) is 3.41. The molecule has 0 aromatic heterocycles. The second kappa shape index (κ2) is 5.08. The summed E-state index contributed by atoms with van der Waals surface area (Å²) in [6.07, 6.45) is 1.76. The number of fused-ring (bicyclic) bond motifs is 1. The Morgan fingerprint density at radius 2 is 2.35 bits per heavy atom. The van der Waals surface area contributed by atoms with Crippen molar-refractivity contribution >= 4 is 5.69 Å². The van der Waals surface area contributed by atoms with Crippen LogP contribution < -0.4 is 4.90 Å². The van der Waals surface area contributed by atoms with E-state index in [1.165, 1.54) is 11.3 Å². The molecule has 1 fully saturated rings. The highest BCUT2D eigenvalue weighted by Crippen LogP contribution is 2.41. The fraction of sp³-hybridized carbons (Fsp3) is 0.562. The average Bonchev–Trinajstić information content (AvgIpc) is 2.88. The van der Waals surface area contributed by atoms with E-state index in [0.29, 0.717) is 19.6 Å². The number of aliphatic hydroxyl groups excluding tert-OH is 1. The second-order valence-electron chi connectivity index (χ2n) is 5.89. The van der Waals surface area contributed by atoms with Gasteiger partial charge in [0.05, 0.1) is 18.8 Å². The van der Waals surface area contributed by atoms with Gasteiger partial charge in [-0.25, -0.2) is 0 Å². The Balaban J connectivity index is 1.91. The molecule has 1 saturated heterocycles. The highest BCUT2D eigenvalue weighted by Gasteiger charge is 2.41. The number of rotatable bonds is 2. The second-order valence-corrected chi connectivity index (χ2v) is 5.89. The summed E-state index contributed by atoms with van der Waals surface area (Å²) in [5.41, 5.74) is 2.53. The van der Waals surface area contributed by atoms with Crippen LogP contribution in [0.5, 0.6) is 0 Å². The minimum absolute atomic E-state index is 0.321. The lowest BCUT2D eigenvalue weighted by molar-refractivity contribution is -0.0506. The summed E-state index contributed by atoms with van der Waals surface area (Å²) in [7, 11) is 2.08. The molecule has 0 bridgehead atoms. The van der Waals surface area contributed by atoms with E-state index in [1.807, 2.05) is 6.07 Å². The lowest BCUT2D eigenvalue weighted by Crippen LogP contribution is -2.36. The van der Waals surface area contributed by atoms with Gasteiger partial charge in [0.25, 0.3) is 0 Å². The smallest absolute Gasteiger partial charge is 0.111 e. The van der Waals surface area contributed by atoms with Crippen LogP contribution in [0.3, 0.4) is 0 Å². The number of nitrogens with zero attached hydrogens (tertiary/aromatic N) is 2. The van der Waals surface area contributed by atoms with E-state index < -0.39 is 11.5 Å². The average molecular weight is 272 g/mol. The van der Waals surface area contributed by atoms with Crippen LogP contribution in [0.1, 0.15) is 30.1 Å². The van der Waals surface area contributed by atoms with Crippen molar-refractivity contribution in [3.8, 4) is 6.07 Å². The molecule has 1 aromatic carbocycles. The van der Waals surface area contributed by atoms with Crippen LogP contribution in [0.25, 0.3) is 0 Å². The zero-order valence-corrected chi connectivity index (χ0v) is 11.8. The molecule has 0 amide bonds. The number of anilines is 1. The first kappa shape index (κ1) is 13.4. The van der Waals surface area contributed by atoms with Crippen molar-refractivity contribution in [3.63, 3.8) is 0 Å². The first-order chi connectivity index (χ1) is 9.66. The molecule has 0 aliphatic carbocycles. The summed E-state index contributed by atoms with van der Waals surface area (Å²) in [6.45, 7) is 2.02. The van der Waals surface area contributed by atoms with Gasteiger partial charge in [0.2, 0.25) is 0 Å². The maximum atomic E-state index is 10.7. The minimum Gasteiger partial charge on any atom is -0.387 e. The summed E-state index contributed by atoms with van der Waals surface area (Å²) in [5, 5.41) is 20.2. The van der Waals surface area contributed by atoms with Gasteiger partial charge in [-0.3, -0.25) is 0 Å². The number of likely N-dealkylation sites (N-methyl/N-ethyl adjacent to an activating group) is 1. The fourth-order valence-corrected chi connectivity index (χ4v) is 3.26. The van der Waals surface area contributed by atoms with E-state index in [9.17, 15) is 10.4 Å². The van der Waals surface area contributed by atoms with Crippen molar-refractivity contribution in [2.75, 3.05) is 31.7 Å². The molecule has 106 valence electrons. The first-order valence-electron chi connectivity index (χ1n) is 7.17. The molecule has 1 aromatic rings. The summed E-state index contributed by atoms with van der Waals surface area (Å²) in [4.78, 5) is 2.22. The zero-order chi connectivity index (χ0) is 14.2. The Morgan fingerprint density at radius 1 is 1.50 bits per heavy atom. The van der Waals surface area contributed by atoms with Gasteiger partial charge in [-0.1, -0.05) is 12.1 Å². The van der Waals surface area contributed by atoms with E-state index in [4.69, 9.17) is 4.74 Å². The fourth-order valence-electron chi connectivity index (χ4n) is 3.26. The standard InChI is InChI=1S/C16H20N2O2/c1-18-7-5-12-9-13(3-4-14(12)18)15(19)16(10-17)6-2-8-20-11-16/h3-4,9,15,19H,2,5-8,11H2,1H3. The number of hydrogen-bond donors (Lipinski definition) is 1. The Morgan fingerprint density at radius 3 is 3.05 bits per heavy atom. The topological polar surface area (TPSA) is 56.5 Å². The Hall–Kier alpha value is -1.57. The van der Waals surface area contributed by atoms with Gasteiger partial charge in [0.15, 0.2) is 0 Å². The number of aliphatic hydroxyl groups is 1. The molecular weight excluding hydrogens is 252 g/mol. The van der Waals surface area contributed by atoms with Crippen LogP contribution in [0.15, 0.2) is 18.2 Å².